The number of hydrogen-bond donors (Lipinski definition) is 3. The van der Waals surface area contributed by atoms with Crippen LogP contribution in [0.5, 0.6) is 0 Å². The molecule has 0 aromatic heterocycles. The summed E-state index contributed by atoms with van der Waals surface area (Å²) < 4.78 is 15.4. The molecule has 0 amide bonds. The van der Waals surface area contributed by atoms with E-state index in [0.29, 0.717) is 6.42 Å². The van der Waals surface area contributed by atoms with E-state index in [1.807, 2.05) is 0 Å². The average molecular weight is 365 g/mol. The number of unbranched alkanes of at least 4 members (excludes halogenated alkanes) is 13. The van der Waals surface area contributed by atoms with Crippen molar-refractivity contribution in [3.63, 3.8) is 0 Å². The van der Waals surface area contributed by atoms with Crippen molar-refractivity contribution in [3.05, 3.63) is 0 Å². The molecule has 0 aromatic rings. The lowest BCUT2D eigenvalue weighted by molar-refractivity contribution is 0.129. The smallest absolute Gasteiger partial charge is 0.328 e. The molecule has 0 spiro atoms. The summed E-state index contributed by atoms with van der Waals surface area (Å²) in [6.07, 6.45) is 18.2. The first-order valence-corrected chi connectivity index (χ1v) is 11.5. The zero-order chi connectivity index (χ0) is 18.1. The minimum absolute atomic E-state index is 0.156. The van der Waals surface area contributed by atoms with E-state index < -0.39 is 13.9 Å². The highest BCUT2D eigenvalue weighted by Crippen LogP contribution is 2.38. The van der Waals surface area contributed by atoms with Crippen molar-refractivity contribution >= 4 is 7.82 Å². The van der Waals surface area contributed by atoms with Crippen LogP contribution in [0, 0.1) is 0 Å². The lowest BCUT2D eigenvalue weighted by atomic mass is 10.0. The van der Waals surface area contributed by atoms with Gasteiger partial charge in [-0.1, -0.05) is 96.8 Å². The van der Waals surface area contributed by atoms with Crippen LogP contribution in [0.4, 0.5) is 0 Å². The molecule has 24 heavy (non-hydrogen) atoms. The van der Waals surface area contributed by atoms with Crippen LogP contribution < -0.4 is 5.73 Å². The molecule has 5 nitrogen and oxygen atoms in total. The highest BCUT2D eigenvalue weighted by atomic mass is 31.2. The predicted octanol–water partition coefficient (Wildman–Crippen LogP) is 5.29. The molecule has 4 N–H and O–H groups in total. The third-order valence-corrected chi connectivity index (χ3v) is 5.00. The first kappa shape index (κ1) is 24.1. The Kier molecular flexibility index (Phi) is 16.6. The van der Waals surface area contributed by atoms with E-state index in [9.17, 15) is 4.57 Å². The molecule has 0 fully saturated rings. The highest BCUT2D eigenvalue weighted by Gasteiger charge is 2.20. The van der Waals surface area contributed by atoms with Crippen molar-refractivity contribution < 1.29 is 18.9 Å². The molecule has 1 unspecified atom stereocenters. The van der Waals surface area contributed by atoms with E-state index in [4.69, 9.17) is 15.5 Å². The largest absolute Gasteiger partial charge is 0.469 e. The third-order valence-electron chi connectivity index (χ3n) is 4.43. The van der Waals surface area contributed by atoms with Gasteiger partial charge in [0, 0.05) is 6.54 Å². The Morgan fingerprint density at radius 1 is 0.792 bits per heavy atom. The van der Waals surface area contributed by atoms with Crippen LogP contribution in [0.25, 0.3) is 0 Å². The van der Waals surface area contributed by atoms with Gasteiger partial charge in [0.05, 0.1) is 6.10 Å². The zero-order valence-corrected chi connectivity index (χ0v) is 16.5. The fourth-order valence-electron chi connectivity index (χ4n) is 2.97. The molecular formula is C18H40NO4P. The summed E-state index contributed by atoms with van der Waals surface area (Å²) in [6.45, 7) is 2.41. The molecule has 0 aliphatic carbocycles. The van der Waals surface area contributed by atoms with E-state index in [2.05, 4.69) is 11.4 Å². The molecule has 0 saturated heterocycles. The minimum atomic E-state index is -4.41. The van der Waals surface area contributed by atoms with Crippen LogP contribution >= 0.6 is 7.82 Å². The molecule has 0 aliphatic heterocycles. The Labute approximate surface area is 149 Å². The van der Waals surface area contributed by atoms with Crippen LogP contribution in [0.1, 0.15) is 103 Å². The quantitative estimate of drug-likeness (QED) is 0.226. The highest BCUT2D eigenvalue weighted by molar-refractivity contribution is 7.46. The molecular weight excluding hydrogens is 325 g/mol. The SMILES string of the molecule is CCCCCCCCCCCCCCCCC(CN)OP(=O)(O)O. The minimum Gasteiger partial charge on any atom is -0.328 e. The van der Waals surface area contributed by atoms with Gasteiger partial charge in [0.2, 0.25) is 0 Å². The number of rotatable bonds is 18. The fourth-order valence-corrected chi connectivity index (χ4v) is 3.55. The normalized spacial score (nSPS) is 13.3. The summed E-state index contributed by atoms with van der Waals surface area (Å²) in [7, 11) is -4.41. The molecule has 0 heterocycles. The van der Waals surface area contributed by atoms with Gasteiger partial charge in [-0.15, -0.1) is 0 Å². The van der Waals surface area contributed by atoms with Crippen LogP contribution in [0.15, 0.2) is 0 Å². The van der Waals surface area contributed by atoms with Gasteiger partial charge in [0.15, 0.2) is 0 Å². The van der Waals surface area contributed by atoms with Crippen LogP contribution in [-0.4, -0.2) is 22.4 Å². The van der Waals surface area contributed by atoms with Gasteiger partial charge in [-0.05, 0) is 6.42 Å². The molecule has 0 rings (SSSR count). The topological polar surface area (TPSA) is 92.8 Å². The maximum absolute atomic E-state index is 10.8. The number of phosphoric ester groups is 1. The summed E-state index contributed by atoms with van der Waals surface area (Å²) in [4.78, 5) is 17.5. The summed E-state index contributed by atoms with van der Waals surface area (Å²) in [5.74, 6) is 0. The first-order chi connectivity index (χ1) is 11.5. The molecule has 0 aliphatic rings. The number of hydrogen-bond acceptors (Lipinski definition) is 3. The number of nitrogens with two attached hydrogens (primary N) is 1. The Hall–Kier alpha value is 0.0700. The molecule has 0 radical (unpaired) electrons. The van der Waals surface area contributed by atoms with Crippen molar-refractivity contribution in [2.24, 2.45) is 5.73 Å². The second-order valence-corrected chi connectivity index (χ2v) is 8.03. The third kappa shape index (κ3) is 18.4. The summed E-state index contributed by atoms with van der Waals surface area (Å²) in [5.41, 5.74) is 5.47. The first-order valence-electron chi connectivity index (χ1n) is 9.93. The lowest BCUT2D eigenvalue weighted by Crippen LogP contribution is -2.22. The Bertz CT molecular complexity index is 309. The van der Waals surface area contributed by atoms with Crippen molar-refractivity contribution in [2.45, 2.75) is 109 Å². The van der Waals surface area contributed by atoms with E-state index in [-0.39, 0.29) is 6.54 Å². The van der Waals surface area contributed by atoms with Crippen molar-refractivity contribution in [1.82, 2.24) is 0 Å². The van der Waals surface area contributed by atoms with Gasteiger partial charge < -0.3 is 15.5 Å². The van der Waals surface area contributed by atoms with Gasteiger partial charge in [-0.3, -0.25) is 4.52 Å². The summed E-state index contributed by atoms with van der Waals surface area (Å²) in [5, 5.41) is 0. The second-order valence-electron chi connectivity index (χ2n) is 6.84. The van der Waals surface area contributed by atoms with Crippen LogP contribution in [0.3, 0.4) is 0 Å². The second kappa shape index (κ2) is 16.5. The Balaban J connectivity index is 3.26. The van der Waals surface area contributed by atoms with Gasteiger partial charge in [-0.25, -0.2) is 4.57 Å². The standard InChI is InChI=1S/C18H40NO4P/c1-2-3-4-5-6-7-8-9-10-11-12-13-14-15-16-18(17-19)23-24(20,21)22/h18H,2-17,19H2,1H3,(H2,20,21,22). The van der Waals surface area contributed by atoms with Crippen LogP contribution in [0.2, 0.25) is 0 Å². The molecule has 0 saturated carbocycles. The molecule has 1 atom stereocenters. The Morgan fingerprint density at radius 2 is 1.17 bits per heavy atom. The molecule has 0 aromatic carbocycles. The molecule has 0 bridgehead atoms. The van der Waals surface area contributed by atoms with Gasteiger partial charge >= 0.3 is 7.82 Å². The average Bonchev–Trinajstić information content (AvgIpc) is 2.53. The van der Waals surface area contributed by atoms with Crippen molar-refractivity contribution in [1.29, 1.82) is 0 Å². The lowest BCUT2D eigenvalue weighted by Gasteiger charge is -2.15. The molecule has 6 heteroatoms. The fraction of sp³-hybridized carbons (Fsp3) is 1.00. The van der Waals surface area contributed by atoms with Crippen molar-refractivity contribution in [3.8, 4) is 0 Å². The summed E-state index contributed by atoms with van der Waals surface area (Å²) in [6, 6.07) is 0. The zero-order valence-electron chi connectivity index (χ0n) is 15.6. The van der Waals surface area contributed by atoms with Crippen molar-refractivity contribution in [2.75, 3.05) is 6.54 Å². The van der Waals surface area contributed by atoms with E-state index in [0.717, 1.165) is 12.8 Å². The maximum atomic E-state index is 10.8. The van der Waals surface area contributed by atoms with Gasteiger partial charge in [0.1, 0.15) is 0 Å². The van der Waals surface area contributed by atoms with Crippen LogP contribution in [-0.2, 0) is 9.09 Å². The Morgan fingerprint density at radius 3 is 1.50 bits per heavy atom. The van der Waals surface area contributed by atoms with E-state index in [1.54, 1.807) is 0 Å². The number of phosphoric acid groups is 1. The van der Waals surface area contributed by atoms with Gasteiger partial charge in [-0.2, -0.15) is 0 Å². The maximum Gasteiger partial charge on any atom is 0.469 e. The van der Waals surface area contributed by atoms with E-state index >= 15 is 0 Å². The molecule has 146 valence electrons. The summed E-state index contributed by atoms with van der Waals surface area (Å²) >= 11 is 0. The predicted molar refractivity (Wildman–Crippen MR) is 101 cm³/mol. The van der Waals surface area contributed by atoms with E-state index in [1.165, 1.54) is 77.0 Å². The monoisotopic (exact) mass is 365 g/mol. The van der Waals surface area contributed by atoms with Gasteiger partial charge in [0.25, 0.3) is 0 Å².